The Hall–Kier alpha value is -2.54. The molecule has 1 aromatic rings. The Balaban J connectivity index is 2.73. The number of carboxylic acids is 2. The summed E-state index contributed by atoms with van der Waals surface area (Å²) in [6.07, 6.45) is 2.38. The van der Waals surface area contributed by atoms with E-state index < -0.39 is 17.9 Å². The second kappa shape index (κ2) is 6.07. The molecule has 1 atom stereocenters. The fourth-order valence-electron chi connectivity index (χ4n) is 2.51. The molecule has 8 heteroatoms. The van der Waals surface area contributed by atoms with Crippen LogP contribution >= 0.6 is 11.6 Å². The SMILES string of the molecule is CC1=C(C(=O)O)C(c2ccc[n+]([O-])c2)C(C(=O)O)=C(CCl)N1. The Morgan fingerprint density at radius 1 is 1.36 bits per heavy atom. The summed E-state index contributed by atoms with van der Waals surface area (Å²) in [7, 11) is 0. The minimum Gasteiger partial charge on any atom is -0.619 e. The van der Waals surface area contributed by atoms with Crippen LogP contribution in [0, 0.1) is 5.21 Å². The summed E-state index contributed by atoms with van der Waals surface area (Å²) in [5, 5.41) is 33.1. The Morgan fingerprint density at radius 2 is 2.00 bits per heavy atom. The van der Waals surface area contributed by atoms with Gasteiger partial charge in [0.15, 0.2) is 12.4 Å². The van der Waals surface area contributed by atoms with E-state index in [1.54, 1.807) is 0 Å². The molecule has 116 valence electrons. The van der Waals surface area contributed by atoms with Gasteiger partial charge in [-0.15, -0.1) is 11.6 Å². The number of dihydropyridines is 1. The fourth-order valence-corrected chi connectivity index (χ4v) is 2.72. The van der Waals surface area contributed by atoms with Crippen LogP contribution in [0.2, 0.25) is 0 Å². The Kier molecular flexibility index (Phi) is 4.37. The van der Waals surface area contributed by atoms with Crippen LogP contribution in [-0.4, -0.2) is 28.0 Å². The van der Waals surface area contributed by atoms with E-state index in [9.17, 15) is 25.0 Å². The van der Waals surface area contributed by atoms with Crippen LogP contribution in [0.25, 0.3) is 0 Å². The van der Waals surface area contributed by atoms with Gasteiger partial charge in [0.05, 0.1) is 22.9 Å². The zero-order valence-electron chi connectivity index (χ0n) is 11.5. The van der Waals surface area contributed by atoms with Crippen molar-refractivity contribution in [2.24, 2.45) is 0 Å². The van der Waals surface area contributed by atoms with Crippen molar-refractivity contribution in [1.82, 2.24) is 5.32 Å². The molecule has 0 saturated carbocycles. The molecule has 0 bridgehead atoms. The van der Waals surface area contributed by atoms with Crippen LogP contribution in [0.15, 0.2) is 47.1 Å². The van der Waals surface area contributed by atoms with Gasteiger partial charge in [0.1, 0.15) is 0 Å². The summed E-state index contributed by atoms with van der Waals surface area (Å²) in [5.41, 5.74) is 0.472. The van der Waals surface area contributed by atoms with Crippen LogP contribution in [0.1, 0.15) is 18.4 Å². The molecule has 3 N–H and O–H groups in total. The lowest BCUT2D eigenvalue weighted by Gasteiger charge is -2.28. The Morgan fingerprint density at radius 3 is 2.50 bits per heavy atom. The van der Waals surface area contributed by atoms with Crippen molar-refractivity contribution in [2.75, 3.05) is 5.88 Å². The number of rotatable bonds is 4. The number of allylic oxidation sites excluding steroid dienone is 2. The predicted molar refractivity (Wildman–Crippen MR) is 77.0 cm³/mol. The van der Waals surface area contributed by atoms with Crippen molar-refractivity contribution in [2.45, 2.75) is 12.8 Å². The highest BCUT2D eigenvalue weighted by molar-refractivity contribution is 6.20. The van der Waals surface area contributed by atoms with E-state index >= 15 is 0 Å². The molecule has 0 aliphatic carbocycles. The van der Waals surface area contributed by atoms with Gasteiger partial charge >= 0.3 is 11.9 Å². The van der Waals surface area contributed by atoms with Crippen LogP contribution < -0.4 is 10.0 Å². The van der Waals surface area contributed by atoms with E-state index in [1.165, 1.54) is 25.3 Å². The van der Waals surface area contributed by atoms with Gasteiger partial charge in [0.2, 0.25) is 0 Å². The number of carboxylic acid groups (broad SMARTS) is 2. The van der Waals surface area contributed by atoms with Crippen LogP contribution in [0.3, 0.4) is 0 Å². The largest absolute Gasteiger partial charge is 0.619 e. The zero-order valence-corrected chi connectivity index (χ0v) is 12.3. The lowest BCUT2D eigenvalue weighted by Crippen LogP contribution is -2.34. The zero-order chi connectivity index (χ0) is 16.4. The lowest BCUT2D eigenvalue weighted by atomic mass is 9.81. The van der Waals surface area contributed by atoms with Crippen LogP contribution in [0.4, 0.5) is 0 Å². The number of aliphatic carboxylic acids is 2. The number of pyridine rings is 1. The van der Waals surface area contributed by atoms with Crippen molar-refractivity contribution in [3.05, 3.63) is 57.8 Å². The molecular formula is C14H13ClN2O5. The van der Waals surface area contributed by atoms with Gasteiger partial charge in [-0.05, 0) is 13.0 Å². The van der Waals surface area contributed by atoms with Crippen LogP contribution in [0.5, 0.6) is 0 Å². The highest BCUT2D eigenvalue weighted by atomic mass is 35.5. The number of alkyl halides is 1. The molecule has 0 aromatic carbocycles. The number of halogens is 1. The average molecular weight is 325 g/mol. The molecular weight excluding hydrogens is 312 g/mol. The standard InChI is InChI=1S/C14H13ClN2O5/c1-7-10(13(18)19)11(8-3-2-4-17(22)6-8)12(14(20)21)9(5-15)16-7/h2-4,6,11,16H,5H2,1H3,(H,18,19)(H,20,21). The van der Waals surface area contributed by atoms with Crippen LogP contribution in [-0.2, 0) is 9.59 Å². The topological polar surface area (TPSA) is 114 Å². The van der Waals surface area contributed by atoms with Gasteiger partial charge in [-0.25, -0.2) is 9.59 Å². The molecule has 1 unspecified atom stereocenters. The van der Waals surface area contributed by atoms with E-state index in [-0.39, 0.29) is 28.3 Å². The van der Waals surface area contributed by atoms with Crippen molar-refractivity contribution in [3.63, 3.8) is 0 Å². The second-order valence-corrected chi connectivity index (χ2v) is 5.00. The molecule has 0 fully saturated rings. The maximum atomic E-state index is 11.6. The molecule has 1 aliphatic heterocycles. The smallest absolute Gasteiger partial charge is 0.334 e. The van der Waals surface area contributed by atoms with Gasteiger partial charge in [-0.2, -0.15) is 4.73 Å². The number of hydrogen-bond acceptors (Lipinski definition) is 4. The third-order valence-corrected chi connectivity index (χ3v) is 3.64. The molecule has 2 rings (SSSR count). The summed E-state index contributed by atoms with van der Waals surface area (Å²) in [6, 6.07) is 2.94. The maximum absolute atomic E-state index is 11.6. The molecule has 22 heavy (non-hydrogen) atoms. The predicted octanol–water partition coefficient (Wildman–Crippen LogP) is 0.943. The molecule has 0 radical (unpaired) electrons. The molecule has 0 spiro atoms. The van der Waals surface area contributed by atoms with Gasteiger partial charge in [-0.1, -0.05) is 0 Å². The number of aromatic nitrogens is 1. The normalized spacial score (nSPS) is 18.2. The minimum absolute atomic E-state index is 0.118. The summed E-state index contributed by atoms with van der Waals surface area (Å²) < 4.78 is 0.492. The number of carbonyl (C=O) groups is 2. The Bertz CT molecular complexity index is 711. The first-order valence-corrected chi connectivity index (χ1v) is 6.82. The van der Waals surface area contributed by atoms with E-state index in [2.05, 4.69) is 5.32 Å². The summed E-state index contributed by atoms with van der Waals surface area (Å²) in [6.45, 7) is 1.52. The Labute approximate surface area is 130 Å². The second-order valence-electron chi connectivity index (χ2n) is 4.73. The minimum atomic E-state index is -1.29. The fraction of sp³-hybridized carbons (Fsp3) is 0.214. The van der Waals surface area contributed by atoms with Gasteiger partial charge in [-0.3, -0.25) is 0 Å². The lowest BCUT2D eigenvalue weighted by molar-refractivity contribution is -0.605. The summed E-state index contributed by atoms with van der Waals surface area (Å²) in [4.78, 5) is 23.2. The van der Waals surface area contributed by atoms with Crippen molar-refractivity contribution in [3.8, 4) is 0 Å². The summed E-state index contributed by atoms with van der Waals surface area (Å²) >= 11 is 5.78. The highest BCUT2D eigenvalue weighted by Gasteiger charge is 2.38. The summed E-state index contributed by atoms with van der Waals surface area (Å²) in [5.74, 6) is -3.75. The maximum Gasteiger partial charge on any atom is 0.334 e. The monoisotopic (exact) mass is 324 g/mol. The first kappa shape index (κ1) is 15.8. The molecule has 0 saturated heterocycles. The van der Waals surface area contributed by atoms with E-state index in [4.69, 9.17) is 11.6 Å². The van der Waals surface area contributed by atoms with Crippen molar-refractivity contribution in [1.29, 1.82) is 0 Å². The van der Waals surface area contributed by atoms with Gasteiger partial charge in [0, 0.05) is 23.0 Å². The third-order valence-electron chi connectivity index (χ3n) is 3.37. The van der Waals surface area contributed by atoms with Crippen molar-refractivity contribution >= 4 is 23.5 Å². The number of hydrogen-bond donors (Lipinski definition) is 3. The molecule has 1 aromatic heterocycles. The first-order valence-electron chi connectivity index (χ1n) is 6.29. The molecule has 1 aliphatic rings. The van der Waals surface area contributed by atoms with Gasteiger partial charge < -0.3 is 20.7 Å². The first-order chi connectivity index (χ1) is 10.4. The van der Waals surface area contributed by atoms with E-state index in [0.717, 1.165) is 6.20 Å². The van der Waals surface area contributed by atoms with E-state index in [1.807, 2.05) is 0 Å². The third kappa shape index (κ3) is 2.75. The average Bonchev–Trinajstić information content (AvgIpc) is 2.45. The number of nitrogens with zero attached hydrogens (tertiary/aromatic N) is 1. The quantitative estimate of drug-likeness (QED) is 0.431. The molecule has 2 heterocycles. The van der Waals surface area contributed by atoms with Gasteiger partial charge in [0.25, 0.3) is 0 Å². The van der Waals surface area contributed by atoms with Crippen molar-refractivity contribution < 1.29 is 24.5 Å². The van der Waals surface area contributed by atoms with E-state index in [0.29, 0.717) is 10.4 Å². The molecule has 0 amide bonds. The molecule has 7 nitrogen and oxygen atoms in total. The highest BCUT2D eigenvalue weighted by Crippen LogP contribution is 2.37. The number of nitrogens with one attached hydrogen (secondary N) is 1.